The van der Waals surface area contributed by atoms with E-state index in [1.807, 2.05) is 0 Å². The van der Waals surface area contributed by atoms with Crippen LogP contribution in [0.3, 0.4) is 0 Å². The van der Waals surface area contributed by atoms with Crippen molar-refractivity contribution in [2.75, 3.05) is 11.9 Å². The molecule has 142 valence electrons. The van der Waals surface area contributed by atoms with E-state index in [-0.39, 0.29) is 10.6 Å². The molecule has 0 bridgehead atoms. The molecule has 3 rings (SSSR count). The van der Waals surface area contributed by atoms with Crippen LogP contribution < -0.4 is 10.6 Å². The third-order valence-corrected chi connectivity index (χ3v) is 5.85. The first-order valence-electron chi connectivity index (χ1n) is 7.83. The molecule has 4 amide bonds. The summed E-state index contributed by atoms with van der Waals surface area (Å²) in [6.07, 6.45) is 0. The summed E-state index contributed by atoms with van der Waals surface area (Å²) in [4.78, 5) is 38.9. The summed E-state index contributed by atoms with van der Waals surface area (Å²) in [6.45, 7) is 1.06. The minimum absolute atomic E-state index is 0.195. The van der Waals surface area contributed by atoms with Gasteiger partial charge in [-0.1, -0.05) is 30.0 Å². The van der Waals surface area contributed by atoms with Crippen LogP contribution in [0.2, 0.25) is 0 Å². The molecular formula is C17H15F2N3O3S2. The molecule has 1 fully saturated rings. The molecule has 1 aliphatic heterocycles. The van der Waals surface area contributed by atoms with E-state index in [1.54, 1.807) is 36.6 Å². The van der Waals surface area contributed by atoms with Crippen molar-refractivity contribution < 1.29 is 23.2 Å². The van der Waals surface area contributed by atoms with E-state index in [0.29, 0.717) is 16.6 Å². The fraction of sp³-hybridized carbons (Fsp3) is 0.235. The third-order valence-electron chi connectivity index (χ3n) is 3.97. The lowest BCUT2D eigenvalue weighted by Crippen LogP contribution is -2.41. The highest BCUT2D eigenvalue weighted by Gasteiger charge is 2.50. The quantitative estimate of drug-likeness (QED) is 0.564. The summed E-state index contributed by atoms with van der Waals surface area (Å²) in [5.41, 5.74) is -1.03. The molecule has 2 aromatic rings. The summed E-state index contributed by atoms with van der Waals surface area (Å²) in [5.74, 6) is -3.84. The zero-order valence-electron chi connectivity index (χ0n) is 14.1. The monoisotopic (exact) mass is 411 g/mol. The largest absolute Gasteiger partial charge is 0.325 e. The molecule has 1 unspecified atom stereocenters. The number of nitrogens with zero attached hydrogens (tertiary/aromatic N) is 1. The number of urea groups is 1. The zero-order chi connectivity index (χ0) is 19.6. The second-order valence-electron chi connectivity index (χ2n) is 5.85. The zero-order valence-corrected chi connectivity index (χ0v) is 15.7. The normalized spacial score (nSPS) is 19.5. The minimum atomic E-state index is -2.64. The molecule has 0 saturated carbocycles. The Labute approximate surface area is 161 Å². The Hall–Kier alpha value is -2.46. The highest BCUT2D eigenvalue weighted by Crippen LogP contribution is 2.33. The first-order chi connectivity index (χ1) is 12.8. The molecule has 6 nitrogen and oxygen atoms in total. The average molecular weight is 411 g/mol. The second kappa shape index (κ2) is 7.65. The Kier molecular flexibility index (Phi) is 5.47. The smallest absolute Gasteiger partial charge is 0.324 e. The number of amides is 4. The maximum Gasteiger partial charge on any atom is 0.325 e. The highest BCUT2D eigenvalue weighted by molar-refractivity contribution is 7.99. The van der Waals surface area contributed by atoms with Crippen LogP contribution in [0.4, 0.5) is 19.3 Å². The van der Waals surface area contributed by atoms with Gasteiger partial charge in [0.05, 0.1) is 5.69 Å². The summed E-state index contributed by atoms with van der Waals surface area (Å²) >= 11 is 1.62. The van der Waals surface area contributed by atoms with Gasteiger partial charge in [-0.25, -0.2) is 4.79 Å². The molecule has 1 saturated heterocycles. The number of para-hydroxylation sites is 1. The van der Waals surface area contributed by atoms with Gasteiger partial charge in [0.2, 0.25) is 5.91 Å². The first-order valence-corrected chi connectivity index (χ1v) is 9.59. The number of halogens is 2. The number of carbonyl (C=O) groups excluding carboxylic acids is 3. The summed E-state index contributed by atoms with van der Waals surface area (Å²) < 4.78 is 25.3. The van der Waals surface area contributed by atoms with E-state index in [0.717, 1.165) is 4.90 Å². The number of rotatable bonds is 6. The summed E-state index contributed by atoms with van der Waals surface area (Å²) in [6, 6.07) is 8.90. The molecule has 2 heterocycles. The van der Waals surface area contributed by atoms with Crippen LogP contribution in [0, 0.1) is 0 Å². The molecule has 27 heavy (non-hydrogen) atoms. The predicted molar refractivity (Wildman–Crippen MR) is 98.8 cm³/mol. The van der Waals surface area contributed by atoms with E-state index < -0.39 is 35.7 Å². The van der Waals surface area contributed by atoms with Crippen molar-refractivity contribution in [2.24, 2.45) is 0 Å². The Balaban J connectivity index is 1.72. The van der Waals surface area contributed by atoms with Crippen LogP contribution in [0.5, 0.6) is 0 Å². The van der Waals surface area contributed by atoms with Crippen molar-refractivity contribution in [2.45, 2.75) is 23.1 Å². The van der Waals surface area contributed by atoms with Gasteiger partial charge in [-0.15, -0.1) is 11.3 Å². The molecule has 1 aliphatic rings. The van der Waals surface area contributed by atoms with E-state index in [4.69, 9.17) is 0 Å². The van der Waals surface area contributed by atoms with Crippen molar-refractivity contribution in [3.05, 3.63) is 46.7 Å². The van der Waals surface area contributed by atoms with Crippen LogP contribution in [0.1, 0.15) is 11.8 Å². The number of carbonyl (C=O) groups is 3. The maximum absolute atomic E-state index is 12.7. The number of anilines is 1. The van der Waals surface area contributed by atoms with Gasteiger partial charge < -0.3 is 10.6 Å². The van der Waals surface area contributed by atoms with Gasteiger partial charge in [-0.05, 0) is 30.5 Å². The number of thioether (sulfide) groups is 1. The number of thiophene rings is 1. The second-order valence-corrected chi connectivity index (χ2v) is 7.83. The Morgan fingerprint density at radius 1 is 1.30 bits per heavy atom. The van der Waals surface area contributed by atoms with E-state index in [2.05, 4.69) is 10.6 Å². The fourth-order valence-corrected chi connectivity index (χ4v) is 4.10. The molecule has 0 spiro atoms. The Bertz CT molecular complexity index is 876. The SMILES string of the molecule is CC1(c2cccs2)NC(=O)N(CC(=O)Nc2ccccc2SC(F)F)C1=O. The Morgan fingerprint density at radius 3 is 2.70 bits per heavy atom. The number of hydrogen-bond acceptors (Lipinski definition) is 5. The topological polar surface area (TPSA) is 78.5 Å². The lowest BCUT2D eigenvalue weighted by atomic mass is 10.0. The van der Waals surface area contributed by atoms with E-state index >= 15 is 0 Å². The molecule has 1 aromatic heterocycles. The van der Waals surface area contributed by atoms with E-state index in [1.165, 1.54) is 23.5 Å². The summed E-state index contributed by atoms with van der Waals surface area (Å²) in [7, 11) is 0. The van der Waals surface area contributed by atoms with Crippen LogP contribution in [-0.4, -0.2) is 35.0 Å². The van der Waals surface area contributed by atoms with Gasteiger partial charge in [0, 0.05) is 9.77 Å². The highest BCUT2D eigenvalue weighted by atomic mass is 32.2. The van der Waals surface area contributed by atoms with Crippen LogP contribution >= 0.6 is 23.1 Å². The van der Waals surface area contributed by atoms with Gasteiger partial charge in [0.1, 0.15) is 6.54 Å². The third kappa shape index (κ3) is 3.96. The van der Waals surface area contributed by atoms with Gasteiger partial charge in [0.25, 0.3) is 11.7 Å². The molecular weight excluding hydrogens is 396 g/mol. The van der Waals surface area contributed by atoms with Gasteiger partial charge in [0.15, 0.2) is 5.54 Å². The van der Waals surface area contributed by atoms with Crippen LogP contribution in [0.15, 0.2) is 46.7 Å². The minimum Gasteiger partial charge on any atom is -0.324 e. The van der Waals surface area contributed by atoms with Gasteiger partial charge >= 0.3 is 6.03 Å². The predicted octanol–water partition coefficient (Wildman–Crippen LogP) is 3.47. The van der Waals surface area contributed by atoms with Crippen molar-refractivity contribution in [1.82, 2.24) is 10.2 Å². The number of benzene rings is 1. The van der Waals surface area contributed by atoms with Crippen LogP contribution in [0.25, 0.3) is 0 Å². The molecule has 1 atom stereocenters. The maximum atomic E-state index is 12.7. The summed E-state index contributed by atoms with van der Waals surface area (Å²) in [5, 5.41) is 6.87. The van der Waals surface area contributed by atoms with Crippen molar-refractivity contribution >= 4 is 46.6 Å². The number of imide groups is 1. The van der Waals surface area contributed by atoms with Crippen molar-refractivity contribution in [3.8, 4) is 0 Å². The van der Waals surface area contributed by atoms with Crippen molar-refractivity contribution in [3.63, 3.8) is 0 Å². The molecule has 0 radical (unpaired) electrons. The first kappa shape index (κ1) is 19.3. The fourth-order valence-electron chi connectivity index (χ4n) is 2.67. The van der Waals surface area contributed by atoms with Gasteiger partial charge in [-0.3, -0.25) is 14.5 Å². The number of nitrogens with one attached hydrogen (secondary N) is 2. The van der Waals surface area contributed by atoms with Gasteiger partial charge in [-0.2, -0.15) is 8.78 Å². The number of hydrogen-bond donors (Lipinski definition) is 2. The standard InChI is InChI=1S/C17H15F2N3O3S2/c1-17(12-7-4-8-26-12)14(24)22(16(25)21-17)9-13(23)20-10-5-2-3-6-11(10)27-15(18)19/h2-8,15H,9H2,1H3,(H,20,23)(H,21,25). The number of alkyl halides is 2. The molecule has 0 aliphatic carbocycles. The van der Waals surface area contributed by atoms with Crippen molar-refractivity contribution in [1.29, 1.82) is 0 Å². The lowest BCUT2D eigenvalue weighted by Gasteiger charge is -2.20. The van der Waals surface area contributed by atoms with E-state index in [9.17, 15) is 23.2 Å². The molecule has 10 heteroatoms. The molecule has 2 N–H and O–H groups in total. The van der Waals surface area contributed by atoms with Crippen LogP contribution in [-0.2, 0) is 15.1 Å². The average Bonchev–Trinajstić information content (AvgIpc) is 3.21. The lowest BCUT2D eigenvalue weighted by molar-refractivity contribution is -0.133. The Morgan fingerprint density at radius 2 is 2.04 bits per heavy atom. The molecule has 1 aromatic carbocycles.